The number of hydrogen-bond donors (Lipinski definition) is 0. The van der Waals surface area contributed by atoms with Gasteiger partial charge in [0.15, 0.2) is 6.61 Å². The lowest BCUT2D eigenvalue weighted by Crippen LogP contribution is -2.50. The third-order valence-electron chi connectivity index (χ3n) is 6.13. The molecule has 7 nitrogen and oxygen atoms in total. The Labute approximate surface area is 192 Å². The van der Waals surface area contributed by atoms with E-state index in [2.05, 4.69) is 28.0 Å². The van der Waals surface area contributed by atoms with Crippen molar-refractivity contribution in [2.45, 2.75) is 13.0 Å². The van der Waals surface area contributed by atoms with Crippen LogP contribution < -0.4 is 4.74 Å². The number of carbonyl (C=O) groups is 1. The average molecular weight is 443 g/mol. The number of benzene rings is 3. The molecule has 2 heterocycles. The summed E-state index contributed by atoms with van der Waals surface area (Å²) < 4.78 is 11.3. The monoisotopic (exact) mass is 442 g/mol. The Morgan fingerprint density at radius 3 is 2.48 bits per heavy atom. The van der Waals surface area contributed by atoms with E-state index in [1.165, 1.54) is 0 Å². The molecule has 5 rings (SSSR count). The Kier molecular flexibility index (Phi) is 6.04. The molecule has 1 aliphatic heterocycles. The first-order chi connectivity index (χ1) is 16.2. The van der Waals surface area contributed by atoms with Gasteiger partial charge in [-0.05, 0) is 29.8 Å². The standard InChI is InChI=1S/C26H26N4O3/c1-19(26-27-25(28-33-26)21-8-3-2-4-9-21)29-13-15-30(16-14-29)24(31)18-32-23-12-11-20-7-5-6-10-22(20)17-23/h2-12,17,19H,13-16,18H2,1H3. The smallest absolute Gasteiger partial charge is 0.260 e. The molecule has 0 bridgehead atoms. The van der Waals surface area contributed by atoms with Gasteiger partial charge < -0.3 is 14.2 Å². The normalized spacial score (nSPS) is 15.5. The highest BCUT2D eigenvalue weighted by molar-refractivity contribution is 5.84. The van der Waals surface area contributed by atoms with E-state index in [1.807, 2.05) is 71.6 Å². The van der Waals surface area contributed by atoms with Crippen molar-refractivity contribution in [3.63, 3.8) is 0 Å². The molecule has 1 unspecified atom stereocenters. The molecule has 1 amide bonds. The van der Waals surface area contributed by atoms with Crippen LogP contribution in [0.4, 0.5) is 0 Å². The van der Waals surface area contributed by atoms with E-state index in [0.717, 1.165) is 29.4 Å². The van der Waals surface area contributed by atoms with Crippen LogP contribution in [0.3, 0.4) is 0 Å². The fourth-order valence-electron chi connectivity index (χ4n) is 4.12. The van der Waals surface area contributed by atoms with Crippen LogP contribution in [0.1, 0.15) is 18.9 Å². The molecule has 0 N–H and O–H groups in total. The second kappa shape index (κ2) is 9.42. The second-order valence-corrected chi connectivity index (χ2v) is 8.21. The summed E-state index contributed by atoms with van der Waals surface area (Å²) >= 11 is 0. The SMILES string of the molecule is CC(c1nc(-c2ccccc2)no1)N1CCN(C(=O)COc2ccc3ccccc3c2)CC1. The van der Waals surface area contributed by atoms with Crippen molar-refractivity contribution in [1.29, 1.82) is 0 Å². The summed E-state index contributed by atoms with van der Waals surface area (Å²) in [6.07, 6.45) is 0. The van der Waals surface area contributed by atoms with Crippen molar-refractivity contribution in [2.75, 3.05) is 32.8 Å². The Hall–Kier alpha value is -3.71. The van der Waals surface area contributed by atoms with Crippen molar-refractivity contribution >= 4 is 16.7 Å². The van der Waals surface area contributed by atoms with Gasteiger partial charge in [0.25, 0.3) is 5.91 Å². The van der Waals surface area contributed by atoms with E-state index >= 15 is 0 Å². The van der Waals surface area contributed by atoms with Gasteiger partial charge in [0.2, 0.25) is 11.7 Å². The van der Waals surface area contributed by atoms with Crippen LogP contribution in [-0.2, 0) is 4.79 Å². The number of fused-ring (bicyclic) bond motifs is 1. The quantitative estimate of drug-likeness (QED) is 0.446. The summed E-state index contributed by atoms with van der Waals surface area (Å²) in [6, 6.07) is 23.8. The maximum absolute atomic E-state index is 12.7. The first kappa shape index (κ1) is 21.2. The molecule has 0 radical (unpaired) electrons. The minimum absolute atomic E-state index is 0.000356. The predicted octanol–water partition coefficient (Wildman–Crippen LogP) is 4.17. The van der Waals surface area contributed by atoms with Gasteiger partial charge in [-0.2, -0.15) is 4.98 Å². The number of hydrogen-bond acceptors (Lipinski definition) is 6. The largest absolute Gasteiger partial charge is 0.484 e. The number of amides is 1. The van der Waals surface area contributed by atoms with Crippen molar-refractivity contribution < 1.29 is 14.1 Å². The lowest BCUT2D eigenvalue weighted by Gasteiger charge is -2.36. The fraction of sp³-hybridized carbons (Fsp3) is 0.269. The minimum Gasteiger partial charge on any atom is -0.484 e. The highest BCUT2D eigenvalue weighted by Crippen LogP contribution is 2.24. The molecule has 4 aromatic rings. The zero-order chi connectivity index (χ0) is 22.6. The molecule has 1 aromatic heterocycles. The maximum Gasteiger partial charge on any atom is 0.260 e. The van der Waals surface area contributed by atoms with E-state index in [0.29, 0.717) is 30.6 Å². The van der Waals surface area contributed by atoms with E-state index in [-0.39, 0.29) is 18.6 Å². The number of ether oxygens (including phenoxy) is 1. The van der Waals surface area contributed by atoms with Crippen molar-refractivity contribution in [2.24, 2.45) is 0 Å². The molecule has 1 atom stereocenters. The molecule has 0 aliphatic carbocycles. The molecule has 1 saturated heterocycles. The zero-order valence-corrected chi connectivity index (χ0v) is 18.6. The van der Waals surface area contributed by atoms with Gasteiger partial charge in [-0.25, -0.2) is 0 Å². The van der Waals surface area contributed by atoms with Crippen molar-refractivity contribution in [3.05, 3.63) is 78.7 Å². The third kappa shape index (κ3) is 4.73. The van der Waals surface area contributed by atoms with Crippen LogP contribution in [0.15, 0.2) is 77.3 Å². The number of carbonyl (C=O) groups excluding carboxylic acids is 1. The summed E-state index contributed by atoms with van der Waals surface area (Å²) in [4.78, 5) is 21.4. The van der Waals surface area contributed by atoms with E-state index in [4.69, 9.17) is 9.26 Å². The number of aromatic nitrogens is 2. The molecule has 1 fully saturated rings. The van der Waals surface area contributed by atoms with Crippen LogP contribution in [0.5, 0.6) is 5.75 Å². The zero-order valence-electron chi connectivity index (χ0n) is 18.6. The Morgan fingerprint density at radius 2 is 1.70 bits per heavy atom. The molecule has 168 valence electrons. The summed E-state index contributed by atoms with van der Waals surface area (Å²) in [6.45, 7) is 4.87. The van der Waals surface area contributed by atoms with Gasteiger partial charge in [0.05, 0.1) is 6.04 Å². The Balaban J connectivity index is 1.13. The maximum atomic E-state index is 12.7. The van der Waals surface area contributed by atoms with Crippen molar-refractivity contribution in [3.8, 4) is 17.1 Å². The van der Waals surface area contributed by atoms with Gasteiger partial charge in [-0.1, -0.05) is 65.8 Å². The van der Waals surface area contributed by atoms with Crippen LogP contribution in [0.2, 0.25) is 0 Å². The predicted molar refractivity (Wildman–Crippen MR) is 126 cm³/mol. The van der Waals surface area contributed by atoms with Crippen molar-refractivity contribution in [1.82, 2.24) is 19.9 Å². The van der Waals surface area contributed by atoms with Gasteiger partial charge in [0, 0.05) is 31.7 Å². The number of piperazine rings is 1. The van der Waals surface area contributed by atoms with Gasteiger partial charge in [-0.3, -0.25) is 9.69 Å². The Bertz CT molecular complexity index is 1230. The molecule has 0 spiro atoms. The highest BCUT2D eigenvalue weighted by Gasteiger charge is 2.28. The van der Waals surface area contributed by atoms with E-state index in [9.17, 15) is 4.79 Å². The van der Waals surface area contributed by atoms with Gasteiger partial charge in [0.1, 0.15) is 5.75 Å². The minimum atomic E-state index is -0.0129. The molecule has 33 heavy (non-hydrogen) atoms. The molecule has 7 heteroatoms. The topological polar surface area (TPSA) is 71.7 Å². The highest BCUT2D eigenvalue weighted by atomic mass is 16.5. The first-order valence-electron chi connectivity index (χ1n) is 11.2. The second-order valence-electron chi connectivity index (χ2n) is 8.21. The lowest BCUT2D eigenvalue weighted by atomic mass is 10.1. The first-order valence-corrected chi connectivity index (χ1v) is 11.2. The molecular weight excluding hydrogens is 416 g/mol. The van der Waals surface area contributed by atoms with Crippen LogP contribution >= 0.6 is 0 Å². The average Bonchev–Trinajstić information content (AvgIpc) is 3.38. The van der Waals surface area contributed by atoms with Crippen LogP contribution in [-0.4, -0.2) is 58.6 Å². The van der Waals surface area contributed by atoms with Gasteiger partial charge >= 0.3 is 0 Å². The summed E-state index contributed by atoms with van der Waals surface area (Å²) in [7, 11) is 0. The van der Waals surface area contributed by atoms with E-state index in [1.54, 1.807) is 0 Å². The summed E-state index contributed by atoms with van der Waals surface area (Å²) in [5, 5.41) is 6.37. The summed E-state index contributed by atoms with van der Waals surface area (Å²) in [5.74, 6) is 1.89. The number of nitrogens with zero attached hydrogens (tertiary/aromatic N) is 4. The van der Waals surface area contributed by atoms with E-state index < -0.39 is 0 Å². The molecule has 0 saturated carbocycles. The summed E-state index contributed by atoms with van der Waals surface area (Å²) in [5.41, 5.74) is 0.932. The molecular formula is C26H26N4O3. The molecule has 3 aromatic carbocycles. The van der Waals surface area contributed by atoms with Crippen LogP contribution in [0, 0.1) is 0 Å². The third-order valence-corrected chi connectivity index (χ3v) is 6.13. The Morgan fingerprint density at radius 1 is 0.970 bits per heavy atom. The van der Waals surface area contributed by atoms with Gasteiger partial charge in [-0.15, -0.1) is 0 Å². The van der Waals surface area contributed by atoms with Crippen LogP contribution in [0.25, 0.3) is 22.2 Å². The number of rotatable bonds is 6. The lowest BCUT2D eigenvalue weighted by molar-refractivity contribution is -0.135. The fourth-order valence-corrected chi connectivity index (χ4v) is 4.12. The molecule has 1 aliphatic rings.